The molecule has 0 radical (unpaired) electrons. The molecule has 1 heterocycles. The molecule has 110 valence electrons. The van der Waals surface area contributed by atoms with Crippen LogP contribution in [0.1, 0.15) is 17.4 Å². The number of nitrogens with zero attached hydrogens (tertiary/aromatic N) is 3. The number of H-pyrrole nitrogens is 1. The first-order chi connectivity index (χ1) is 10.7. The second-order valence-electron chi connectivity index (χ2n) is 4.71. The van der Waals surface area contributed by atoms with Crippen molar-refractivity contribution in [1.82, 2.24) is 15.2 Å². The van der Waals surface area contributed by atoms with Crippen LogP contribution in [0.4, 0.5) is 5.69 Å². The predicted octanol–water partition coefficient (Wildman–Crippen LogP) is 2.43. The Labute approximate surface area is 126 Å². The fourth-order valence-electron chi connectivity index (χ4n) is 2.17. The summed E-state index contributed by atoms with van der Waals surface area (Å²) < 4.78 is 0. The van der Waals surface area contributed by atoms with E-state index in [2.05, 4.69) is 15.2 Å². The molecule has 0 saturated heterocycles. The quantitative estimate of drug-likeness (QED) is 0.567. The molecule has 1 atom stereocenters. The van der Waals surface area contributed by atoms with E-state index in [9.17, 15) is 10.1 Å². The number of hydrogen-bond donors (Lipinski definition) is 2. The van der Waals surface area contributed by atoms with Gasteiger partial charge in [0.2, 0.25) is 0 Å². The number of aromatic amines is 1. The molecule has 2 aromatic carbocycles. The van der Waals surface area contributed by atoms with Crippen molar-refractivity contribution in [2.45, 2.75) is 6.04 Å². The zero-order chi connectivity index (χ0) is 15.5. The Balaban J connectivity index is 1.97. The lowest BCUT2D eigenvalue weighted by atomic mass is 10.1. The molecule has 1 aromatic heterocycles. The number of nitrogens with two attached hydrogens (primary N) is 1. The lowest BCUT2D eigenvalue weighted by Crippen LogP contribution is -2.13. The Bertz CT molecular complexity index is 800. The highest BCUT2D eigenvalue weighted by Crippen LogP contribution is 2.27. The molecular weight excluding hydrogens is 282 g/mol. The van der Waals surface area contributed by atoms with Crippen molar-refractivity contribution in [3.05, 3.63) is 76.1 Å². The van der Waals surface area contributed by atoms with Crippen molar-refractivity contribution in [3.8, 4) is 11.4 Å². The van der Waals surface area contributed by atoms with Gasteiger partial charge in [-0.05, 0) is 11.6 Å². The summed E-state index contributed by atoms with van der Waals surface area (Å²) in [5.74, 6) is 0.716. The molecule has 0 saturated carbocycles. The summed E-state index contributed by atoms with van der Waals surface area (Å²) in [5, 5.41) is 17.9. The first-order valence-corrected chi connectivity index (χ1v) is 6.63. The molecule has 22 heavy (non-hydrogen) atoms. The molecule has 3 rings (SSSR count). The Kier molecular flexibility index (Phi) is 3.63. The molecule has 0 aliphatic rings. The van der Waals surface area contributed by atoms with Gasteiger partial charge in [0.05, 0.1) is 16.5 Å². The van der Waals surface area contributed by atoms with Gasteiger partial charge in [-0.25, -0.2) is 4.98 Å². The van der Waals surface area contributed by atoms with Crippen molar-refractivity contribution in [3.63, 3.8) is 0 Å². The Morgan fingerprint density at radius 1 is 1.09 bits per heavy atom. The van der Waals surface area contributed by atoms with E-state index in [0.717, 1.165) is 5.56 Å². The Morgan fingerprint density at radius 3 is 2.50 bits per heavy atom. The van der Waals surface area contributed by atoms with Gasteiger partial charge in [0.25, 0.3) is 5.69 Å². The van der Waals surface area contributed by atoms with Gasteiger partial charge in [-0.2, -0.15) is 5.10 Å². The Hall–Kier alpha value is -3.06. The van der Waals surface area contributed by atoms with Crippen LogP contribution in [0, 0.1) is 10.1 Å². The van der Waals surface area contributed by atoms with Crippen LogP contribution < -0.4 is 5.73 Å². The summed E-state index contributed by atoms with van der Waals surface area (Å²) in [7, 11) is 0. The molecule has 3 aromatic rings. The SMILES string of the molecule is N[C@@H](c1ccccc1)c1nc(-c2ccccc2[N+](=O)[O-])n[nH]1. The highest BCUT2D eigenvalue weighted by Gasteiger charge is 2.20. The maximum absolute atomic E-state index is 11.1. The number of para-hydroxylation sites is 1. The zero-order valence-electron chi connectivity index (χ0n) is 11.5. The number of aromatic nitrogens is 3. The van der Waals surface area contributed by atoms with Crippen molar-refractivity contribution >= 4 is 5.69 Å². The number of hydrogen-bond acceptors (Lipinski definition) is 5. The largest absolute Gasteiger partial charge is 0.318 e. The van der Waals surface area contributed by atoms with E-state index in [1.165, 1.54) is 6.07 Å². The summed E-state index contributed by atoms with van der Waals surface area (Å²) in [6.45, 7) is 0. The average Bonchev–Trinajstić information content (AvgIpc) is 3.04. The maximum Gasteiger partial charge on any atom is 0.280 e. The molecule has 0 aliphatic carbocycles. The predicted molar refractivity (Wildman–Crippen MR) is 80.9 cm³/mol. The molecule has 0 bridgehead atoms. The van der Waals surface area contributed by atoms with Crippen molar-refractivity contribution in [2.24, 2.45) is 5.73 Å². The smallest absolute Gasteiger partial charge is 0.280 e. The van der Waals surface area contributed by atoms with Crippen LogP contribution in [0.15, 0.2) is 54.6 Å². The van der Waals surface area contributed by atoms with Crippen LogP contribution in [0.25, 0.3) is 11.4 Å². The lowest BCUT2D eigenvalue weighted by molar-refractivity contribution is -0.384. The number of nitrogens with one attached hydrogen (secondary N) is 1. The second kappa shape index (κ2) is 5.74. The van der Waals surface area contributed by atoms with Crippen molar-refractivity contribution in [2.75, 3.05) is 0 Å². The van der Waals surface area contributed by atoms with E-state index >= 15 is 0 Å². The molecule has 7 heteroatoms. The second-order valence-corrected chi connectivity index (χ2v) is 4.71. The number of nitro groups is 1. The molecule has 0 amide bonds. The van der Waals surface area contributed by atoms with E-state index < -0.39 is 11.0 Å². The van der Waals surface area contributed by atoms with E-state index in [4.69, 9.17) is 5.73 Å². The molecule has 0 spiro atoms. The van der Waals surface area contributed by atoms with Gasteiger partial charge in [0.15, 0.2) is 5.82 Å². The third-order valence-corrected chi connectivity index (χ3v) is 3.30. The summed E-state index contributed by atoms with van der Waals surface area (Å²) in [4.78, 5) is 14.9. The van der Waals surface area contributed by atoms with E-state index in [0.29, 0.717) is 11.4 Å². The number of rotatable bonds is 4. The highest BCUT2D eigenvalue weighted by atomic mass is 16.6. The lowest BCUT2D eigenvalue weighted by Gasteiger charge is -2.07. The zero-order valence-corrected chi connectivity index (χ0v) is 11.5. The fourth-order valence-corrected chi connectivity index (χ4v) is 2.17. The normalized spacial score (nSPS) is 12.0. The average molecular weight is 295 g/mol. The minimum atomic E-state index is -0.467. The van der Waals surface area contributed by atoms with Gasteiger partial charge >= 0.3 is 0 Å². The minimum absolute atomic E-state index is 0.0404. The summed E-state index contributed by atoms with van der Waals surface area (Å²) in [6, 6.07) is 15.3. The minimum Gasteiger partial charge on any atom is -0.318 e. The molecule has 0 aliphatic heterocycles. The molecular formula is C15H13N5O2. The van der Waals surface area contributed by atoms with Gasteiger partial charge in [-0.3, -0.25) is 15.2 Å². The van der Waals surface area contributed by atoms with Crippen molar-refractivity contribution in [1.29, 1.82) is 0 Å². The fraction of sp³-hybridized carbons (Fsp3) is 0.0667. The van der Waals surface area contributed by atoms with Gasteiger partial charge in [0, 0.05) is 6.07 Å². The maximum atomic E-state index is 11.1. The van der Waals surface area contributed by atoms with Crippen LogP contribution in [0.5, 0.6) is 0 Å². The van der Waals surface area contributed by atoms with Crippen LogP contribution in [0.3, 0.4) is 0 Å². The molecule has 3 N–H and O–H groups in total. The van der Waals surface area contributed by atoms with Crippen molar-refractivity contribution < 1.29 is 4.92 Å². The van der Waals surface area contributed by atoms with Gasteiger partial charge < -0.3 is 5.73 Å². The topological polar surface area (TPSA) is 111 Å². The third-order valence-electron chi connectivity index (χ3n) is 3.30. The summed E-state index contributed by atoms with van der Waals surface area (Å²) >= 11 is 0. The van der Waals surface area contributed by atoms with Crippen LogP contribution in [0.2, 0.25) is 0 Å². The van der Waals surface area contributed by atoms with E-state index in [-0.39, 0.29) is 11.5 Å². The first kappa shape index (κ1) is 13.9. The Morgan fingerprint density at radius 2 is 1.77 bits per heavy atom. The number of benzene rings is 2. The summed E-state index contributed by atoms with van der Waals surface area (Å²) in [6.07, 6.45) is 0. The monoisotopic (exact) mass is 295 g/mol. The standard InChI is InChI=1S/C15H13N5O2/c16-13(10-6-2-1-3-7-10)15-17-14(18-19-15)11-8-4-5-9-12(11)20(21)22/h1-9,13H,16H2,(H,17,18,19)/t13-/m0/s1. The molecule has 0 unspecified atom stereocenters. The van der Waals surface area contributed by atoms with Crippen LogP contribution in [-0.2, 0) is 0 Å². The van der Waals surface area contributed by atoms with Crippen LogP contribution in [-0.4, -0.2) is 20.1 Å². The third kappa shape index (κ3) is 2.57. The van der Waals surface area contributed by atoms with E-state index in [1.807, 2.05) is 30.3 Å². The first-order valence-electron chi connectivity index (χ1n) is 6.63. The van der Waals surface area contributed by atoms with E-state index in [1.54, 1.807) is 18.2 Å². The van der Waals surface area contributed by atoms with Gasteiger partial charge in [-0.1, -0.05) is 42.5 Å². The van der Waals surface area contributed by atoms with Gasteiger partial charge in [0.1, 0.15) is 5.82 Å². The number of nitro benzene ring substituents is 1. The van der Waals surface area contributed by atoms with Gasteiger partial charge in [-0.15, -0.1) is 0 Å². The molecule has 7 nitrogen and oxygen atoms in total. The van der Waals surface area contributed by atoms with Crippen LogP contribution >= 0.6 is 0 Å². The summed E-state index contributed by atoms with van der Waals surface area (Å²) in [5.41, 5.74) is 7.34. The molecule has 0 fully saturated rings. The highest BCUT2D eigenvalue weighted by molar-refractivity contribution is 5.67.